The smallest absolute Gasteiger partial charge is 0.222 e. The second-order valence-corrected chi connectivity index (χ2v) is 5.56. The molecule has 1 fully saturated rings. The zero-order chi connectivity index (χ0) is 12.1. The van der Waals surface area contributed by atoms with Crippen molar-refractivity contribution in [3.63, 3.8) is 0 Å². The molecule has 0 aliphatic carbocycles. The molecule has 1 amide bonds. The SMILES string of the molecule is CCCC(=O)N1CC(CC)CC(C(C)C)C1. The third-order valence-electron chi connectivity index (χ3n) is 3.91. The van der Waals surface area contributed by atoms with Crippen molar-refractivity contribution >= 4 is 5.91 Å². The van der Waals surface area contributed by atoms with E-state index >= 15 is 0 Å². The minimum Gasteiger partial charge on any atom is -0.342 e. The summed E-state index contributed by atoms with van der Waals surface area (Å²) in [6, 6.07) is 0. The van der Waals surface area contributed by atoms with Gasteiger partial charge in [0, 0.05) is 19.5 Å². The van der Waals surface area contributed by atoms with E-state index in [9.17, 15) is 4.79 Å². The Labute approximate surface area is 100 Å². The van der Waals surface area contributed by atoms with Gasteiger partial charge in [0.05, 0.1) is 0 Å². The lowest BCUT2D eigenvalue weighted by atomic mass is 9.81. The Morgan fingerprint density at radius 3 is 2.50 bits per heavy atom. The van der Waals surface area contributed by atoms with Gasteiger partial charge in [-0.05, 0) is 30.6 Å². The summed E-state index contributed by atoms with van der Waals surface area (Å²) in [5.41, 5.74) is 0. The molecular weight excluding hydrogens is 198 g/mol. The highest BCUT2D eigenvalue weighted by Gasteiger charge is 2.29. The van der Waals surface area contributed by atoms with E-state index in [4.69, 9.17) is 0 Å². The van der Waals surface area contributed by atoms with E-state index in [-0.39, 0.29) is 0 Å². The van der Waals surface area contributed by atoms with Crippen molar-refractivity contribution in [3.05, 3.63) is 0 Å². The molecule has 1 aliphatic rings. The predicted molar refractivity (Wildman–Crippen MR) is 68.2 cm³/mol. The van der Waals surface area contributed by atoms with E-state index in [0.717, 1.165) is 31.8 Å². The summed E-state index contributed by atoms with van der Waals surface area (Å²) < 4.78 is 0. The van der Waals surface area contributed by atoms with Gasteiger partial charge in [-0.15, -0.1) is 0 Å². The molecule has 2 atom stereocenters. The molecule has 2 heteroatoms. The largest absolute Gasteiger partial charge is 0.342 e. The van der Waals surface area contributed by atoms with Gasteiger partial charge in [0.1, 0.15) is 0 Å². The van der Waals surface area contributed by atoms with Gasteiger partial charge < -0.3 is 4.90 Å². The van der Waals surface area contributed by atoms with E-state index in [1.165, 1.54) is 12.8 Å². The van der Waals surface area contributed by atoms with Crippen molar-refractivity contribution in [1.29, 1.82) is 0 Å². The molecule has 16 heavy (non-hydrogen) atoms. The van der Waals surface area contributed by atoms with Crippen LogP contribution in [-0.2, 0) is 4.79 Å². The third-order valence-corrected chi connectivity index (χ3v) is 3.91. The van der Waals surface area contributed by atoms with E-state index in [1.807, 2.05) is 0 Å². The van der Waals surface area contributed by atoms with Gasteiger partial charge >= 0.3 is 0 Å². The lowest BCUT2D eigenvalue weighted by Crippen LogP contribution is -2.45. The highest BCUT2D eigenvalue weighted by atomic mass is 16.2. The monoisotopic (exact) mass is 225 g/mol. The molecule has 1 saturated heterocycles. The summed E-state index contributed by atoms with van der Waals surface area (Å²) in [6.45, 7) is 10.9. The lowest BCUT2D eigenvalue weighted by Gasteiger charge is -2.39. The minimum atomic E-state index is 0.367. The van der Waals surface area contributed by atoms with Crippen LogP contribution >= 0.6 is 0 Å². The normalized spacial score (nSPS) is 26.2. The quantitative estimate of drug-likeness (QED) is 0.718. The van der Waals surface area contributed by atoms with E-state index in [1.54, 1.807) is 0 Å². The van der Waals surface area contributed by atoms with Crippen molar-refractivity contribution in [2.24, 2.45) is 17.8 Å². The lowest BCUT2D eigenvalue weighted by molar-refractivity contribution is -0.134. The number of piperidine rings is 1. The summed E-state index contributed by atoms with van der Waals surface area (Å²) in [4.78, 5) is 14.1. The average molecular weight is 225 g/mol. The van der Waals surface area contributed by atoms with Gasteiger partial charge in [0.25, 0.3) is 0 Å². The van der Waals surface area contributed by atoms with Gasteiger partial charge in [0.2, 0.25) is 5.91 Å². The van der Waals surface area contributed by atoms with Crippen LogP contribution in [0.3, 0.4) is 0 Å². The average Bonchev–Trinajstić information content (AvgIpc) is 2.28. The number of nitrogens with zero attached hydrogens (tertiary/aromatic N) is 1. The fraction of sp³-hybridized carbons (Fsp3) is 0.929. The first-order chi connectivity index (χ1) is 7.58. The van der Waals surface area contributed by atoms with Crippen LogP contribution in [0.4, 0.5) is 0 Å². The highest BCUT2D eigenvalue weighted by Crippen LogP contribution is 2.29. The van der Waals surface area contributed by atoms with Crippen molar-refractivity contribution in [1.82, 2.24) is 4.90 Å². The Morgan fingerprint density at radius 1 is 1.31 bits per heavy atom. The van der Waals surface area contributed by atoms with Gasteiger partial charge in [0.15, 0.2) is 0 Å². The zero-order valence-electron chi connectivity index (χ0n) is 11.3. The van der Waals surface area contributed by atoms with Gasteiger partial charge in [-0.25, -0.2) is 0 Å². The van der Waals surface area contributed by atoms with Crippen molar-refractivity contribution in [2.45, 2.75) is 53.4 Å². The molecule has 1 aliphatic heterocycles. The molecule has 0 radical (unpaired) electrons. The molecule has 0 aromatic carbocycles. The van der Waals surface area contributed by atoms with Crippen molar-refractivity contribution < 1.29 is 4.79 Å². The third kappa shape index (κ3) is 3.50. The van der Waals surface area contributed by atoms with E-state index in [2.05, 4.69) is 32.6 Å². The van der Waals surface area contributed by atoms with Crippen LogP contribution < -0.4 is 0 Å². The van der Waals surface area contributed by atoms with Crippen LogP contribution in [0.2, 0.25) is 0 Å². The van der Waals surface area contributed by atoms with Crippen LogP contribution in [0.15, 0.2) is 0 Å². The van der Waals surface area contributed by atoms with Gasteiger partial charge in [-0.3, -0.25) is 4.79 Å². The van der Waals surface area contributed by atoms with Crippen LogP contribution in [0.25, 0.3) is 0 Å². The number of hydrogen-bond donors (Lipinski definition) is 0. The Balaban J connectivity index is 2.60. The van der Waals surface area contributed by atoms with E-state index in [0.29, 0.717) is 17.7 Å². The topological polar surface area (TPSA) is 20.3 Å². The second kappa shape index (κ2) is 6.27. The molecule has 0 saturated carbocycles. The Morgan fingerprint density at radius 2 is 2.00 bits per heavy atom. The Kier molecular flexibility index (Phi) is 5.30. The molecular formula is C14H27NO. The van der Waals surface area contributed by atoms with E-state index < -0.39 is 0 Å². The van der Waals surface area contributed by atoms with Crippen LogP contribution in [0.5, 0.6) is 0 Å². The molecule has 0 bridgehead atoms. The van der Waals surface area contributed by atoms with Crippen molar-refractivity contribution in [3.8, 4) is 0 Å². The second-order valence-electron chi connectivity index (χ2n) is 5.56. The number of amides is 1. The number of hydrogen-bond acceptors (Lipinski definition) is 1. The van der Waals surface area contributed by atoms with Gasteiger partial charge in [-0.1, -0.05) is 34.1 Å². The highest BCUT2D eigenvalue weighted by molar-refractivity contribution is 5.76. The summed E-state index contributed by atoms with van der Waals surface area (Å²) >= 11 is 0. The maximum absolute atomic E-state index is 12.0. The Bertz CT molecular complexity index is 225. The first-order valence-corrected chi connectivity index (χ1v) is 6.86. The molecule has 0 aromatic heterocycles. The summed E-state index contributed by atoms with van der Waals surface area (Å²) in [5, 5.41) is 0. The van der Waals surface area contributed by atoms with Crippen LogP contribution in [0, 0.1) is 17.8 Å². The number of rotatable bonds is 4. The van der Waals surface area contributed by atoms with Crippen LogP contribution in [0.1, 0.15) is 53.4 Å². The molecule has 1 heterocycles. The molecule has 0 aromatic rings. The number of carbonyl (C=O) groups is 1. The van der Waals surface area contributed by atoms with Gasteiger partial charge in [-0.2, -0.15) is 0 Å². The Hall–Kier alpha value is -0.530. The minimum absolute atomic E-state index is 0.367. The zero-order valence-corrected chi connectivity index (χ0v) is 11.3. The summed E-state index contributed by atoms with van der Waals surface area (Å²) in [6.07, 6.45) is 4.21. The molecule has 0 spiro atoms. The van der Waals surface area contributed by atoms with Crippen molar-refractivity contribution in [2.75, 3.05) is 13.1 Å². The molecule has 2 unspecified atom stereocenters. The molecule has 0 N–H and O–H groups in total. The number of carbonyl (C=O) groups excluding carboxylic acids is 1. The molecule has 94 valence electrons. The molecule has 2 nitrogen and oxygen atoms in total. The standard InChI is InChI=1S/C14H27NO/c1-5-7-14(16)15-9-12(6-2)8-13(10-15)11(3)4/h11-13H,5-10H2,1-4H3. The fourth-order valence-corrected chi connectivity index (χ4v) is 2.60. The first kappa shape index (κ1) is 13.5. The molecule has 1 rings (SSSR count). The first-order valence-electron chi connectivity index (χ1n) is 6.86. The number of likely N-dealkylation sites (tertiary alicyclic amines) is 1. The fourth-order valence-electron chi connectivity index (χ4n) is 2.60. The summed E-state index contributed by atoms with van der Waals surface area (Å²) in [5.74, 6) is 2.50. The summed E-state index contributed by atoms with van der Waals surface area (Å²) in [7, 11) is 0. The maximum atomic E-state index is 12.0. The maximum Gasteiger partial charge on any atom is 0.222 e. The van der Waals surface area contributed by atoms with Crippen LogP contribution in [-0.4, -0.2) is 23.9 Å². The predicted octanol–water partition coefficient (Wildman–Crippen LogP) is 3.32.